The summed E-state index contributed by atoms with van der Waals surface area (Å²) in [7, 11) is 4.30. The number of para-hydroxylation sites is 2. The minimum absolute atomic E-state index is 0. The average molecular weight is 564 g/mol. The monoisotopic (exact) mass is 565 g/mol. The van der Waals surface area contributed by atoms with Gasteiger partial charge in [-0.2, -0.15) is 0 Å². The van der Waals surface area contributed by atoms with Crippen molar-refractivity contribution >= 4 is 45.9 Å². The second kappa shape index (κ2) is 7.12. The zero-order valence-corrected chi connectivity index (χ0v) is 19.2. The second-order valence-electron chi connectivity index (χ2n) is 7.71. The quantitative estimate of drug-likeness (QED) is 0.262. The molecule has 6 rings (SSSR count). The van der Waals surface area contributed by atoms with Gasteiger partial charge in [-0.05, 0) is 35.3 Å². The van der Waals surface area contributed by atoms with E-state index in [1.165, 1.54) is 33.5 Å². The van der Waals surface area contributed by atoms with Crippen molar-refractivity contribution in [3.8, 4) is 11.3 Å². The summed E-state index contributed by atoms with van der Waals surface area (Å²) >= 11 is 0. The second-order valence-corrected chi connectivity index (χ2v) is 7.71. The van der Waals surface area contributed by atoms with Gasteiger partial charge in [0.25, 0.3) is 0 Å². The fourth-order valence-corrected chi connectivity index (χ4v) is 4.86. The summed E-state index contributed by atoms with van der Waals surface area (Å²) in [6, 6.07) is 29.4. The molecule has 0 saturated carbocycles. The van der Waals surface area contributed by atoms with Crippen molar-refractivity contribution in [1.82, 2.24) is 4.98 Å². The van der Waals surface area contributed by atoms with Crippen LogP contribution in [0.15, 0.2) is 79.0 Å². The molecule has 2 aliphatic heterocycles. The van der Waals surface area contributed by atoms with Gasteiger partial charge in [0, 0.05) is 51.8 Å². The largest absolute Gasteiger partial charge is 0.363 e. The summed E-state index contributed by atoms with van der Waals surface area (Å²) in [6.07, 6.45) is 1.84. The third-order valence-corrected chi connectivity index (χ3v) is 6.21. The molecule has 0 aliphatic carbocycles. The van der Waals surface area contributed by atoms with E-state index in [0.717, 1.165) is 16.9 Å². The van der Waals surface area contributed by atoms with Crippen LogP contribution < -0.4 is 26.2 Å². The Kier molecular flexibility index (Phi) is 4.54. The van der Waals surface area contributed by atoms with Gasteiger partial charge in [0.1, 0.15) is 0 Å². The number of hydrogen-bond acceptors (Lipinski definition) is 3. The van der Waals surface area contributed by atoms with Crippen LogP contribution in [0, 0.1) is 6.07 Å². The third kappa shape index (κ3) is 2.59. The van der Waals surface area contributed by atoms with Gasteiger partial charge in [-0.15, -0.1) is 17.7 Å². The first-order chi connectivity index (χ1) is 14.2. The summed E-state index contributed by atoms with van der Waals surface area (Å²) in [5, 5.41) is 0. The Labute approximate surface area is 190 Å². The Balaban J connectivity index is 0.00000193. The number of benzene rings is 3. The van der Waals surface area contributed by atoms with Crippen molar-refractivity contribution in [3.05, 3.63) is 85.1 Å². The van der Waals surface area contributed by atoms with Crippen LogP contribution in [0.5, 0.6) is 0 Å². The van der Waals surface area contributed by atoms with E-state index in [1.807, 2.05) is 18.3 Å². The molecule has 1 radical (unpaired) electrons. The van der Waals surface area contributed by atoms with Crippen LogP contribution in [0.1, 0.15) is 0 Å². The minimum Gasteiger partial charge on any atom is -0.363 e. The number of rotatable bonds is 1. The molecule has 3 aromatic carbocycles. The van der Waals surface area contributed by atoms with Gasteiger partial charge in [0.2, 0.25) is 0 Å². The van der Waals surface area contributed by atoms with E-state index < -0.39 is 0 Å². The fraction of sp³-hybridized carbons (Fsp3) is 0.0800. The Morgan fingerprint density at radius 1 is 0.767 bits per heavy atom. The van der Waals surface area contributed by atoms with Gasteiger partial charge in [-0.3, -0.25) is 0 Å². The Hall–Kier alpha value is -2.88. The van der Waals surface area contributed by atoms with Crippen LogP contribution in [0.2, 0.25) is 0 Å². The van der Waals surface area contributed by atoms with Crippen LogP contribution in [0.3, 0.4) is 0 Å². The van der Waals surface area contributed by atoms with Crippen molar-refractivity contribution in [3.63, 3.8) is 0 Å². The SMILES string of the molecule is CN1c2[c-]c(-c3ccccn3)cc3c2B(c2ccccc21)c1ccccc1N3C.[Ir]. The summed E-state index contributed by atoms with van der Waals surface area (Å²) in [4.78, 5) is 9.17. The van der Waals surface area contributed by atoms with E-state index in [-0.39, 0.29) is 26.8 Å². The molecule has 0 N–H and O–H groups in total. The van der Waals surface area contributed by atoms with Gasteiger partial charge in [0.15, 0.2) is 6.71 Å². The third-order valence-electron chi connectivity index (χ3n) is 6.21. The minimum atomic E-state index is 0. The van der Waals surface area contributed by atoms with Crippen LogP contribution >= 0.6 is 0 Å². The maximum atomic E-state index is 4.58. The first-order valence-electron chi connectivity index (χ1n) is 9.91. The van der Waals surface area contributed by atoms with Crippen molar-refractivity contribution in [2.45, 2.75) is 0 Å². The van der Waals surface area contributed by atoms with Crippen LogP contribution in [-0.2, 0) is 20.1 Å². The normalized spacial score (nSPS) is 13.2. The Morgan fingerprint density at radius 3 is 2.07 bits per heavy atom. The topological polar surface area (TPSA) is 19.4 Å². The first kappa shape index (κ1) is 19.1. The molecule has 0 unspecified atom stereocenters. The molecule has 0 saturated heterocycles. The van der Waals surface area contributed by atoms with Gasteiger partial charge in [-0.1, -0.05) is 64.9 Å². The predicted molar refractivity (Wildman–Crippen MR) is 122 cm³/mol. The smallest absolute Gasteiger partial charge is 0.200 e. The first-order valence-corrected chi connectivity index (χ1v) is 9.91. The zero-order valence-electron chi connectivity index (χ0n) is 16.8. The molecule has 3 nitrogen and oxygen atoms in total. The maximum Gasteiger partial charge on any atom is 0.200 e. The molecular weight excluding hydrogens is 545 g/mol. The van der Waals surface area contributed by atoms with E-state index in [1.54, 1.807) is 0 Å². The van der Waals surface area contributed by atoms with Crippen molar-refractivity contribution in [1.29, 1.82) is 0 Å². The van der Waals surface area contributed by atoms with Crippen LogP contribution in [0.25, 0.3) is 11.3 Å². The number of aromatic nitrogens is 1. The molecule has 3 heterocycles. The van der Waals surface area contributed by atoms with Crippen molar-refractivity contribution < 1.29 is 20.1 Å². The maximum absolute atomic E-state index is 4.58. The van der Waals surface area contributed by atoms with E-state index in [0.29, 0.717) is 0 Å². The molecule has 0 amide bonds. The van der Waals surface area contributed by atoms with E-state index in [4.69, 9.17) is 0 Å². The summed E-state index contributed by atoms with van der Waals surface area (Å²) in [5.41, 5.74) is 10.9. The molecule has 30 heavy (non-hydrogen) atoms. The van der Waals surface area contributed by atoms with Gasteiger partial charge >= 0.3 is 0 Å². The Bertz CT molecular complexity index is 1180. The predicted octanol–water partition coefficient (Wildman–Crippen LogP) is 3.23. The molecule has 0 atom stereocenters. The van der Waals surface area contributed by atoms with Gasteiger partial charge in [-0.25, -0.2) is 0 Å². The van der Waals surface area contributed by atoms with Crippen molar-refractivity contribution in [2.75, 3.05) is 23.9 Å². The molecule has 0 bridgehead atoms. The summed E-state index contributed by atoms with van der Waals surface area (Å²) in [6.45, 7) is 0.217. The van der Waals surface area contributed by atoms with E-state index in [2.05, 4.69) is 95.6 Å². The van der Waals surface area contributed by atoms with Gasteiger partial charge in [0.05, 0.1) is 0 Å². The Morgan fingerprint density at radius 2 is 1.40 bits per heavy atom. The van der Waals surface area contributed by atoms with Gasteiger partial charge < -0.3 is 14.8 Å². The van der Waals surface area contributed by atoms with Crippen LogP contribution in [-0.4, -0.2) is 25.8 Å². The molecule has 147 valence electrons. The summed E-state index contributed by atoms with van der Waals surface area (Å²) in [5.74, 6) is 0. The molecule has 4 aromatic rings. The standard InChI is InChI=1S/C25H19BN3.Ir/c1-28-21-12-5-3-9-18(21)26-19-10-4-6-13-22(19)29(2)24-16-17(15-23(28)25(24)26)20-11-7-8-14-27-20;/h3-15H,1-2H3;/q-1;. The number of pyridine rings is 1. The van der Waals surface area contributed by atoms with E-state index in [9.17, 15) is 0 Å². The average Bonchev–Trinajstić information content (AvgIpc) is 2.79. The van der Waals surface area contributed by atoms with Crippen LogP contribution in [0.4, 0.5) is 22.7 Å². The van der Waals surface area contributed by atoms with Crippen molar-refractivity contribution in [2.24, 2.45) is 0 Å². The molecule has 5 heteroatoms. The molecule has 0 fully saturated rings. The number of nitrogens with zero attached hydrogens (tertiary/aromatic N) is 3. The molecular formula is C25H19BIrN3-. The summed E-state index contributed by atoms with van der Waals surface area (Å²) < 4.78 is 0. The molecule has 2 aliphatic rings. The zero-order chi connectivity index (χ0) is 19.5. The fourth-order valence-electron chi connectivity index (χ4n) is 4.86. The number of anilines is 4. The molecule has 0 spiro atoms. The number of hydrogen-bond donors (Lipinski definition) is 0. The number of fused-ring (bicyclic) bond motifs is 4. The molecule has 1 aromatic heterocycles. The van der Waals surface area contributed by atoms with E-state index >= 15 is 0 Å².